The first-order valence-corrected chi connectivity index (χ1v) is 4.74. The van der Waals surface area contributed by atoms with Crippen LogP contribution in [0.2, 0.25) is 0 Å². The second-order valence-electron chi connectivity index (χ2n) is 3.81. The van der Waals surface area contributed by atoms with Gasteiger partial charge in [0, 0.05) is 6.42 Å². The summed E-state index contributed by atoms with van der Waals surface area (Å²) in [5, 5.41) is 8.69. The topological polar surface area (TPSA) is 63.3 Å². The molecular weight excluding hydrogens is 216 g/mol. The number of hydrogen-bond acceptors (Lipinski definition) is 2. The summed E-state index contributed by atoms with van der Waals surface area (Å²) in [5.74, 6) is -3.99. The van der Waals surface area contributed by atoms with E-state index in [1.807, 2.05) is 0 Å². The molecule has 0 saturated carbocycles. The maximum atomic E-state index is 12.8. The Kier molecular flexibility index (Phi) is 3.59. The number of carbonyl (C=O) groups is 1. The second-order valence-corrected chi connectivity index (χ2v) is 3.81. The Labute approximate surface area is 91.9 Å². The third-order valence-electron chi connectivity index (χ3n) is 2.09. The molecule has 0 fully saturated rings. The summed E-state index contributed by atoms with van der Waals surface area (Å²) in [6.45, 7) is 0.816. The first-order valence-electron chi connectivity index (χ1n) is 4.74. The van der Waals surface area contributed by atoms with Crippen molar-refractivity contribution in [3.8, 4) is 0 Å². The summed E-state index contributed by atoms with van der Waals surface area (Å²) in [7, 11) is 0. The Morgan fingerprint density at radius 3 is 2.69 bits per heavy atom. The van der Waals surface area contributed by atoms with Crippen molar-refractivity contribution in [2.45, 2.75) is 25.3 Å². The summed E-state index contributed by atoms with van der Waals surface area (Å²) in [4.78, 5) is 10.6. The van der Waals surface area contributed by atoms with Gasteiger partial charge in [0.15, 0.2) is 0 Å². The number of benzene rings is 1. The number of nitrogens with two attached hydrogens (primary N) is 1. The van der Waals surface area contributed by atoms with Gasteiger partial charge in [-0.25, -0.2) is 8.78 Å². The van der Waals surface area contributed by atoms with Crippen LogP contribution >= 0.6 is 0 Å². The summed E-state index contributed by atoms with van der Waals surface area (Å²) >= 11 is 0. The van der Waals surface area contributed by atoms with Gasteiger partial charge in [0.25, 0.3) is 0 Å². The van der Waals surface area contributed by atoms with Crippen molar-refractivity contribution in [1.29, 1.82) is 0 Å². The molecule has 3 nitrogen and oxygen atoms in total. The van der Waals surface area contributed by atoms with Gasteiger partial charge in [0.05, 0.1) is 0 Å². The molecule has 1 unspecified atom stereocenters. The molecule has 3 N–H and O–H groups in total. The minimum Gasteiger partial charge on any atom is -0.480 e. The lowest BCUT2D eigenvalue weighted by molar-refractivity contribution is -0.138. The summed E-state index contributed by atoms with van der Waals surface area (Å²) in [5.41, 5.74) is 6.09. The average molecular weight is 229 g/mol. The van der Waals surface area contributed by atoms with Crippen LogP contribution in [0.5, 0.6) is 0 Å². The van der Waals surface area contributed by atoms with E-state index in [2.05, 4.69) is 0 Å². The van der Waals surface area contributed by atoms with E-state index in [4.69, 9.17) is 10.8 Å². The van der Waals surface area contributed by atoms with Gasteiger partial charge >= 0.3 is 5.97 Å². The Morgan fingerprint density at radius 2 is 2.19 bits per heavy atom. The molecule has 5 heteroatoms. The van der Waals surface area contributed by atoms with Crippen LogP contribution in [0.1, 0.15) is 24.1 Å². The number of hydrogen-bond donors (Lipinski definition) is 2. The van der Waals surface area contributed by atoms with Crippen molar-refractivity contribution < 1.29 is 18.7 Å². The lowest BCUT2D eigenvalue weighted by Gasteiger charge is -2.12. The van der Waals surface area contributed by atoms with E-state index in [0.29, 0.717) is 11.1 Å². The zero-order valence-corrected chi connectivity index (χ0v) is 8.78. The van der Waals surface area contributed by atoms with Gasteiger partial charge in [0.2, 0.25) is 5.92 Å². The molecule has 16 heavy (non-hydrogen) atoms. The van der Waals surface area contributed by atoms with Gasteiger partial charge in [-0.3, -0.25) is 4.79 Å². The van der Waals surface area contributed by atoms with E-state index in [-0.39, 0.29) is 0 Å². The number of aliphatic carboxylic acids is 1. The van der Waals surface area contributed by atoms with Gasteiger partial charge in [-0.05, 0) is 18.1 Å². The zero-order chi connectivity index (χ0) is 12.3. The van der Waals surface area contributed by atoms with E-state index in [9.17, 15) is 13.6 Å². The van der Waals surface area contributed by atoms with Crippen LogP contribution in [-0.4, -0.2) is 17.0 Å². The van der Waals surface area contributed by atoms with Crippen LogP contribution in [0.15, 0.2) is 24.3 Å². The molecular formula is C11H13F2NO2. The van der Waals surface area contributed by atoms with Crippen molar-refractivity contribution >= 4 is 5.97 Å². The predicted molar refractivity (Wildman–Crippen MR) is 55.3 cm³/mol. The number of halogens is 2. The van der Waals surface area contributed by atoms with Crippen molar-refractivity contribution in [3.63, 3.8) is 0 Å². The minimum atomic E-state index is -2.81. The maximum Gasteiger partial charge on any atom is 0.325 e. The molecule has 1 aromatic rings. The highest BCUT2D eigenvalue weighted by molar-refractivity contribution is 5.75. The molecule has 0 radical (unpaired) electrons. The van der Waals surface area contributed by atoms with Gasteiger partial charge in [-0.2, -0.15) is 0 Å². The summed E-state index contributed by atoms with van der Waals surface area (Å²) in [6.07, 6.45) is -0.423. The van der Waals surface area contributed by atoms with Crippen LogP contribution in [-0.2, 0) is 11.2 Å². The minimum absolute atomic E-state index is 0.328. The molecule has 0 aliphatic carbocycles. The van der Waals surface area contributed by atoms with Gasteiger partial charge < -0.3 is 10.8 Å². The SMILES string of the molecule is CC(F)(F)Cc1cccc(C(N)C(=O)O)c1. The Bertz CT molecular complexity index is 388. The third-order valence-corrected chi connectivity index (χ3v) is 2.09. The monoisotopic (exact) mass is 229 g/mol. The summed E-state index contributed by atoms with van der Waals surface area (Å²) in [6, 6.07) is 4.78. The Morgan fingerprint density at radius 1 is 1.56 bits per heavy atom. The van der Waals surface area contributed by atoms with Crippen LogP contribution < -0.4 is 5.73 Å². The number of rotatable bonds is 4. The number of carboxylic acid groups (broad SMARTS) is 1. The van der Waals surface area contributed by atoms with Crippen molar-refractivity contribution in [2.24, 2.45) is 5.73 Å². The molecule has 88 valence electrons. The molecule has 0 aliphatic rings. The van der Waals surface area contributed by atoms with Crippen LogP contribution in [0.3, 0.4) is 0 Å². The van der Waals surface area contributed by atoms with Crippen molar-refractivity contribution in [2.75, 3.05) is 0 Å². The van der Waals surface area contributed by atoms with E-state index in [1.165, 1.54) is 24.3 Å². The Hall–Kier alpha value is -1.49. The van der Waals surface area contributed by atoms with Gasteiger partial charge in [0.1, 0.15) is 6.04 Å². The fourth-order valence-corrected chi connectivity index (χ4v) is 1.40. The molecule has 0 spiro atoms. The van der Waals surface area contributed by atoms with Crippen molar-refractivity contribution in [3.05, 3.63) is 35.4 Å². The highest BCUT2D eigenvalue weighted by Crippen LogP contribution is 2.21. The Balaban J connectivity index is 2.91. The first-order chi connectivity index (χ1) is 7.29. The van der Waals surface area contributed by atoms with Gasteiger partial charge in [-0.1, -0.05) is 24.3 Å². The molecule has 0 saturated heterocycles. The van der Waals surface area contributed by atoms with Crippen LogP contribution in [0.25, 0.3) is 0 Å². The molecule has 0 amide bonds. The highest BCUT2D eigenvalue weighted by Gasteiger charge is 2.22. The first kappa shape index (κ1) is 12.6. The number of alkyl halides is 2. The van der Waals surface area contributed by atoms with Crippen LogP contribution in [0.4, 0.5) is 8.78 Å². The number of carboxylic acids is 1. The molecule has 0 aromatic heterocycles. The maximum absolute atomic E-state index is 12.8. The smallest absolute Gasteiger partial charge is 0.325 e. The van der Waals surface area contributed by atoms with E-state index in [0.717, 1.165) is 6.92 Å². The quantitative estimate of drug-likeness (QED) is 0.829. The van der Waals surface area contributed by atoms with Gasteiger partial charge in [-0.15, -0.1) is 0 Å². The predicted octanol–water partition coefficient (Wildman–Crippen LogP) is 1.97. The fourth-order valence-electron chi connectivity index (χ4n) is 1.40. The molecule has 0 heterocycles. The van der Waals surface area contributed by atoms with Crippen LogP contribution in [0, 0.1) is 0 Å². The van der Waals surface area contributed by atoms with E-state index >= 15 is 0 Å². The third kappa shape index (κ3) is 3.58. The molecule has 0 aliphatic heterocycles. The largest absolute Gasteiger partial charge is 0.480 e. The summed E-state index contributed by atoms with van der Waals surface area (Å²) < 4.78 is 25.5. The van der Waals surface area contributed by atoms with Crippen molar-refractivity contribution in [1.82, 2.24) is 0 Å². The second kappa shape index (κ2) is 4.57. The van der Waals surface area contributed by atoms with E-state index in [1.54, 1.807) is 0 Å². The molecule has 1 rings (SSSR count). The van der Waals surface area contributed by atoms with E-state index < -0.39 is 24.4 Å². The molecule has 1 atom stereocenters. The molecule has 0 bridgehead atoms. The lowest BCUT2D eigenvalue weighted by Crippen LogP contribution is -2.21. The average Bonchev–Trinajstić information content (AvgIpc) is 2.14. The standard InChI is InChI=1S/C11H13F2NO2/c1-11(12,13)6-7-3-2-4-8(5-7)9(14)10(15)16/h2-5,9H,6,14H2,1H3,(H,15,16). The normalized spacial score (nSPS) is 13.5. The fraction of sp³-hybridized carbons (Fsp3) is 0.364. The lowest BCUT2D eigenvalue weighted by atomic mass is 10.0. The zero-order valence-electron chi connectivity index (χ0n) is 8.78. The highest BCUT2D eigenvalue weighted by atomic mass is 19.3. The molecule has 1 aromatic carbocycles.